The Labute approximate surface area is 164 Å². The maximum Gasteiger partial charge on any atom is 0.273 e. The van der Waals surface area contributed by atoms with Crippen molar-refractivity contribution >= 4 is 23.4 Å². The van der Waals surface area contributed by atoms with Crippen molar-refractivity contribution < 1.29 is 14.3 Å². The molecule has 3 saturated heterocycles. The first kappa shape index (κ1) is 18.7. The van der Waals surface area contributed by atoms with Crippen LogP contribution in [0.25, 0.3) is 0 Å². The van der Waals surface area contributed by atoms with Crippen LogP contribution in [0, 0.1) is 5.41 Å². The number of hydrogen-bond acceptors (Lipinski definition) is 4. The topological polar surface area (TPSA) is 67.7 Å². The standard InChI is InChI=1S/C19H27ClN4O3/c1-22-17(15(20)11-21-22)18(26)23-8-6-19(7-9-23)5-4-16(25)24(13-19)12-14-3-2-10-27-14/h11,14H,2-10,12-13H2,1H3/t14-/m0/s1. The Hall–Kier alpha value is -1.60. The monoisotopic (exact) mass is 394 g/mol. The van der Waals surface area contributed by atoms with E-state index in [0.29, 0.717) is 36.8 Å². The van der Waals surface area contributed by atoms with E-state index in [0.717, 1.165) is 45.3 Å². The second-order valence-corrected chi connectivity index (χ2v) is 8.57. The summed E-state index contributed by atoms with van der Waals surface area (Å²) in [6.07, 6.45) is 7.20. The molecule has 1 atom stereocenters. The van der Waals surface area contributed by atoms with Crippen LogP contribution in [-0.4, -0.2) is 70.3 Å². The molecule has 0 bridgehead atoms. The molecule has 4 heterocycles. The van der Waals surface area contributed by atoms with Gasteiger partial charge in [-0.2, -0.15) is 5.10 Å². The van der Waals surface area contributed by atoms with Crippen molar-refractivity contribution in [1.29, 1.82) is 0 Å². The summed E-state index contributed by atoms with van der Waals surface area (Å²) in [4.78, 5) is 29.1. The summed E-state index contributed by atoms with van der Waals surface area (Å²) in [6, 6.07) is 0. The van der Waals surface area contributed by atoms with E-state index in [1.165, 1.54) is 10.9 Å². The molecule has 1 spiro atoms. The van der Waals surface area contributed by atoms with E-state index in [-0.39, 0.29) is 23.3 Å². The molecule has 0 aliphatic carbocycles. The van der Waals surface area contributed by atoms with Gasteiger partial charge in [0, 0.05) is 46.3 Å². The number of rotatable bonds is 3. The highest BCUT2D eigenvalue weighted by Gasteiger charge is 2.42. The highest BCUT2D eigenvalue weighted by Crippen LogP contribution is 2.41. The predicted molar refractivity (Wildman–Crippen MR) is 101 cm³/mol. The number of carbonyl (C=O) groups is 2. The van der Waals surface area contributed by atoms with Gasteiger partial charge in [0.1, 0.15) is 5.69 Å². The van der Waals surface area contributed by atoms with Crippen LogP contribution in [0.1, 0.15) is 49.0 Å². The lowest BCUT2D eigenvalue weighted by atomic mass is 9.72. The molecule has 148 valence electrons. The van der Waals surface area contributed by atoms with Gasteiger partial charge in [0.05, 0.1) is 17.3 Å². The minimum absolute atomic E-state index is 0.0575. The van der Waals surface area contributed by atoms with Gasteiger partial charge in [0.15, 0.2) is 0 Å². The van der Waals surface area contributed by atoms with Crippen molar-refractivity contribution in [3.63, 3.8) is 0 Å². The van der Waals surface area contributed by atoms with Crippen LogP contribution in [-0.2, 0) is 16.6 Å². The number of ether oxygens (including phenoxy) is 1. The second-order valence-electron chi connectivity index (χ2n) is 8.17. The van der Waals surface area contributed by atoms with Gasteiger partial charge in [0.2, 0.25) is 5.91 Å². The molecule has 3 aliphatic heterocycles. The third kappa shape index (κ3) is 3.72. The van der Waals surface area contributed by atoms with Crippen molar-refractivity contribution in [2.45, 2.75) is 44.6 Å². The molecule has 0 aromatic carbocycles. The van der Waals surface area contributed by atoms with E-state index in [4.69, 9.17) is 16.3 Å². The highest BCUT2D eigenvalue weighted by molar-refractivity contribution is 6.33. The van der Waals surface area contributed by atoms with Crippen molar-refractivity contribution in [2.75, 3.05) is 32.8 Å². The summed E-state index contributed by atoms with van der Waals surface area (Å²) in [5.74, 6) is 0.189. The average Bonchev–Trinajstić information content (AvgIpc) is 3.28. The van der Waals surface area contributed by atoms with Crippen LogP contribution in [0.2, 0.25) is 5.02 Å². The quantitative estimate of drug-likeness (QED) is 0.787. The van der Waals surface area contributed by atoms with Crippen molar-refractivity contribution in [3.8, 4) is 0 Å². The predicted octanol–water partition coefficient (Wildman–Crippen LogP) is 2.10. The molecule has 3 aliphatic rings. The maximum absolute atomic E-state index is 12.8. The Morgan fingerprint density at radius 2 is 2.15 bits per heavy atom. The first-order chi connectivity index (χ1) is 13.0. The second kappa shape index (κ2) is 7.43. The van der Waals surface area contributed by atoms with Crippen molar-refractivity contribution in [3.05, 3.63) is 16.9 Å². The van der Waals surface area contributed by atoms with E-state index >= 15 is 0 Å². The first-order valence-electron chi connectivity index (χ1n) is 9.84. The third-order valence-electron chi connectivity index (χ3n) is 6.40. The van der Waals surface area contributed by atoms with E-state index in [9.17, 15) is 9.59 Å². The molecular weight excluding hydrogens is 368 g/mol. The zero-order chi connectivity index (χ0) is 19.0. The van der Waals surface area contributed by atoms with Crippen LogP contribution in [0.3, 0.4) is 0 Å². The molecule has 2 amide bonds. The third-order valence-corrected chi connectivity index (χ3v) is 6.68. The lowest BCUT2D eigenvalue weighted by Crippen LogP contribution is -2.53. The summed E-state index contributed by atoms with van der Waals surface area (Å²) in [6.45, 7) is 3.71. The number of aromatic nitrogens is 2. The lowest BCUT2D eigenvalue weighted by molar-refractivity contribution is -0.141. The fourth-order valence-electron chi connectivity index (χ4n) is 4.70. The number of likely N-dealkylation sites (tertiary alicyclic amines) is 2. The minimum atomic E-state index is -0.0575. The zero-order valence-electron chi connectivity index (χ0n) is 15.8. The maximum atomic E-state index is 12.8. The molecule has 27 heavy (non-hydrogen) atoms. The fourth-order valence-corrected chi connectivity index (χ4v) is 4.94. The van der Waals surface area contributed by atoms with Gasteiger partial charge < -0.3 is 14.5 Å². The van der Waals surface area contributed by atoms with E-state index < -0.39 is 0 Å². The van der Waals surface area contributed by atoms with Gasteiger partial charge in [-0.05, 0) is 37.5 Å². The molecule has 0 radical (unpaired) electrons. The molecule has 0 N–H and O–H groups in total. The molecule has 8 heteroatoms. The Bertz CT molecular complexity index is 701. The van der Waals surface area contributed by atoms with Gasteiger partial charge in [-0.25, -0.2) is 0 Å². The van der Waals surface area contributed by atoms with Crippen LogP contribution in [0.4, 0.5) is 0 Å². The van der Waals surface area contributed by atoms with Gasteiger partial charge >= 0.3 is 0 Å². The van der Waals surface area contributed by atoms with Crippen molar-refractivity contribution in [1.82, 2.24) is 19.6 Å². The first-order valence-corrected chi connectivity index (χ1v) is 10.2. The van der Waals surface area contributed by atoms with Crippen LogP contribution < -0.4 is 0 Å². The highest BCUT2D eigenvalue weighted by atomic mass is 35.5. The average molecular weight is 395 g/mol. The Morgan fingerprint density at radius 3 is 2.78 bits per heavy atom. The van der Waals surface area contributed by atoms with E-state index in [2.05, 4.69) is 5.10 Å². The summed E-state index contributed by atoms with van der Waals surface area (Å²) in [7, 11) is 1.74. The van der Waals surface area contributed by atoms with Crippen molar-refractivity contribution in [2.24, 2.45) is 12.5 Å². The van der Waals surface area contributed by atoms with Crippen LogP contribution in [0.5, 0.6) is 0 Å². The SMILES string of the molecule is Cn1ncc(Cl)c1C(=O)N1CCC2(CCC(=O)N(C[C@@H]3CCCO3)C2)CC1. The van der Waals surface area contributed by atoms with Crippen LogP contribution >= 0.6 is 11.6 Å². The number of aryl methyl sites for hydroxylation is 1. The molecule has 1 aromatic heterocycles. The summed E-state index contributed by atoms with van der Waals surface area (Å²) in [5.41, 5.74) is 0.575. The molecule has 0 saturated carbocycles. The largest absolute Gasteiger partial charge is 0.376 e. The molecule has 1 aromatic rings. The lowest BCUT2D eigenvalue weighted by Gasteiger charge is -2.47. The zero-order valence-corrected chi connectivity index (χ0v) is 16.6. The molecule has 3 fully saturated rings. The number of hydrogen-bond donors (Lipinski definition) is 0. The Kier molecular flexibility index (Phi) is 5.16. The summed E-state index contributed by atoms with van der Waals surface area (Å²) < 4.78 is 7.26. The number of piperidine rings is 2. The molecule has 7 nitrogen and oxygen atoms in total. The number of halogens is 1. The van der Waals surface area contributed by atoms with Gasteiger partial charge in [-0.1, -0.05) is 11.6 Å². The smallest absolute Gasteiger partial charge is 0.273 e. The summed E-state index contributed by atoms with van der Waals surface area (Å²) in [5, 5.41) is 4.46. The summed E-state index contributed by atoms with van der Waals surface area (Å²) >= 11 is 6.13. The Balaban J connectivity index is 1.38. The van der Waals surface area contributed by atoms with Gasteiger partial charge in [-0.15, -0.1) is 0 Å². The van der Waals surface area contributed by atoms with Crippen LogP contribution in [0.15, 0.2) is 6.20 Å². The van der Waals surface area contributed by atoms with E-state index in [1.54, 1.807) is 7.05 Å². The van der Waals surface area contributed by atoms with E-state index in [1.807, 2.05) is 9.80 Å². The molecule has 4 rings (SSSR count). The normalized spacial score (nSPS) is 25.4. The van der Waals surface area contributed by atoms with Gasteiger partial charge in [-0.3, -0.25) is 14.3 Å². The minimum Gasteiger partial charge on any atom is -0.376 e. The number of carbonyl (C=O) groups excluding carboxylic acids is 2. The Morgan fingerprint density at radius 1 is 1.37 bits per heavy atom. The molecular formula is C19H27ClN4O3. The fraction of sp³-hybridized carbons (Fsp3) is 0.737. The number of amides is 2. The van der Waals surface area contributed by atoms with Gasteiger partial charge in [0.25, 0.3) is 5.91 Å². The molecule has 0 unspecified atom stereocenters. The number of nitrogens with zero attached hydrogens (tertiary/aromatic N) is 4.